The van der Waals surface area contributed by atoms with Crippen LogP contribution in [0.15, 0.2) is 48.5 Å². The van der Waals surface area contributed by atoms with Crippen molar-refractivity contribution in [3.05, 3.63) is 59.2 Å². The van der Waals surface area contributed by atoms with Crippen LogP contribution >= 0.6 is 11.3 Å². The van der Waals surface area contributed by atoms with E-state index in [1.165, 1.54) is 23.5 Å². The fourth-order valence-electron chi connectivity index (χ4n) is 2.20. The maximum atomic E-state index is 13.2. The van der Waals surface area contributed by atoms with Crippen molar-refractivity contribution in [3.8, 4) is 5.75 Å². The van der Waals surface area contributed by atoms with Crippen LogP contribution in [-0.2, 0) is 4.74 Å². The van der Waals surface area contributed by atoms with Gasteiger partial charge in [-0.25, -0.2) is 4.39 Å². The third kappa shape index (κ3) is 3.90. The molecule has 124 valence electrons. The standard InChI is InChI=1S/C18H16FNO3S/c1-22-8-9-23-15-5-3-14(4-6-15)20-18(21)17-11-12-10-13(19)2-7-16(12)24-17/h2-7,10-11H,8-9H2,1H3,(H,20,21). The van der Waals surface area contributed by atoms with Gasteiger partial charge in [-0.1, -0.05) is 0 Å². The third-order valence-corrected chi connectivity index (χ3v) is 4.49. The molecular weight excluding hydrogens is 329 g/mol. The molecule has 1 N–H and O–H groups in total. The molecule has 2 aromatic carbocycles. The Hall–Kier alpha value is -2.44. The zero-order valence-corrected chi connectivity index (χ0v) is 13.9. The predicted molar refractivity (Wildman–Crippen MR) is 93.5 cm³/mol. The van der Waals surface area contributed by atoms with Crippen LogP contribution in [0, 0.1) is 5.82 Å². The highest BCUT2D eigenvalue weighted by atomic mass is 32.1. The summed E-state index contributed by atoms with van der Waals surface area (Å²) in [5.74, 6) is 0.184. The highest BCUT2D eigenvalue weighted by molar-refractivity contribution is 7.20. The van der Waals surface area contributed by atoms with Crippen molar-refractivity contribution >= 4 is 33.0 Å². The monoisotopic (exact) mass is 345 g/mol. The fraction of sp³-hybridized carbons (Fsp3) is 0.167. The topological polar surface area (TPSA) is 47.6 Å². The maximum Gasteiger partial charge on any atom is 0.265 e. The second kappa shape index (κ2) is 7.42. The Morgan fingerprint density at radius 1 is 1.12 bits per heavy atom. The molecule has 0 radical (unpaired) electrons. The molecule has 0 saturated carbocycles. The number of hydrogen-bond donors (Lipinski definition) is 1. The molecule has 6 heteroatoms. The van der Waals surface area contributed by atoms with Gasteiger partial charge < -0.3 is 14.8 Å². The van der Waals surface area contributed by atoms with E-state index in [1.807, 2.05) is 0 Å². The lowest BCUT2D eigenvalue weighted by Crippen LogP contribution is -2.10. The molecule has 0 fully saturated rings. The first-order valence-electron chi connectivity index (χ1n) is 7.38. The Labute approximate surface area is 142 Å². The van der Waals surface area contributed by atoms with Crippen molar-refractivity contribution in [1.29, 1.82) is 0 Å². The Bertz CT molecular complexity index is 845. The van der Waals surface area contributed by atoms with E-state index in [2.05, 4.69) is 5.32 Å². The quantitative estimate of drug-likeness (QED) is 0.677. The normalized spacial score (nSPS) is 10.8. The molecule has 0 aliphatic heterocycles. The van der Waals surface area contributed by atoms with Crippen LogP contribution in [0.3, 0.4) is 0 Å². The van der Waals surface area contributed by atoms with E-state index in [0.717, 1.165) is 10.1 Å². The van der Waals surface area contributed by atoms with Gasteiger partial charge in [0.05, 0.1) is 11.5 Å². The summed E-state index contributed by atoms with van der Waals surface area (Å²) < 4.78 is 24.5. The summed E-state index contributed by atoms with van der Waals surface area (Å²) in [6.45, 7) is 0.992. The molecule has 0 atom stereocenters. The summed E-state index contributed by atoms with van der Waals surface area (Å²) in [6, 6.07) is 13.3. The van der Waals surface area contributed by atoms with Crippen molar-refractivity contribution < 1.29 is 18.7 Å². The van der Waals surface area contributed by atoms with Crippen LogP contribution in [0.5, 0.6) is 5.75 Å². The van der Waals surface area contributed by atoms with E-state index in [0.29, 0.717) is 29.5 Å². The average Bonchev–Trinajstić information content (AvgIpc) is 3.00. The number of fused-ring (bicyclic) bond motifs is 1. The van der Waals surface area contributed by atoms with Crippen molar-refractivity contribution in [2.75, 3.05) is 25.6 Å². The van der Waals surface area contributed by atoms with Gasteiger partial charge in [0.15, 0.2) is 0 Å². The van der Waals surface area contributed by atoms with Gasteiger partial charge in [-0.3, -0.25) is 4.79 Å². The minimum absolute atomic E-state index is 0.218. The second-order valence-electron chi connectivity index (χ2n) is 5.11. The summed E-state index contributed by atoms with van der Waals surface area (Å²) in [4.78, 5) is 12.9. The number of nitrogens with one attached hydrogen (secondary N) is 1. The molecule has 0 unspecified atom stereocenters. The first kappa shape index (κ1) is 16.4. The minimum atomic E-state index is -0.309. The van der Waals surface area contributed by atoms with E-state index < -0.39 is 0 Å². The van der Waals surface area contributed by atoms with Gasteiger partial charge in [0, 0.05) is 17.5 Å². The smallest absolute Gasteiger partial charge is 0.265 e. The van der Waals surface area contributed by atoms with Crippen LogP contribution in [0.25, 0.3) is 10.1 Å². The number of ether oxygens (including phenoxy) is 2. The lowest BCUT2D eigenvalue weighted by molar-refractivity contribution is 0.103. The number of amides is 1. The number of carbonyl (C=O) groups excluding carboxylic acids is 1. The number of hydrogen-bond acceptors (Lipinski definition) is 4. The SMILES string of the molecule is COCCOc1ccc(NC(=O)c2cc3cc(F)ccc3s2)cc1. The van der Waals surface area contributed by atoms with Crippen molar-refractivity contribution in [1.82, 2.24) is 0 Å². The summed E-state index contributed by atoms with van der Waals surface area (Å²) >= 11 is 1.33. The second-order valence-corrected chi connectivity index (χ2v) is 6.20. The molecule has 24 heavy (non-hydrogen) atoms. The van der Waals surface area contributed by atoms with E-state index >= 15 is 0 Å². The molecule has 3 rings (SSSR count). The Kier molecular flexibility index (Phi) is 5.08. The number of thiophene rings is 1. The molecule has 1 amide bonds. The van der Waals surface area contributed by atoms with Crippen LogP contribution in [0.1, 0.15) is 9.67 Å². The average molecular weight is 345 g/mol. The van der Waals surface area contributed by atoms with Gasteiger partial charge in [0.1, 0.15) is 18.2 Å². The van der Waals surface area contributed by atoms with Gasteiger partial charge in [0.2, 0.25) is 0 Å². The number of benzene rings is 2. The first-order chi connectivity index (χ1) is 11.7. The maximum absolute atomic E-state index is 13.2. The number of carbonyl (C=O) groups is 1. The lowest BCUT2D eigenvalue weighted by atomic mass is 10.2. The molecule has 1 heterocycles. The minimum Gasteiger partial charge on any atom is -0.491 e. The van der Waals surface area contributed by atoms with Gasteiger partial charge in [0.25, 0.3) is 5.91 Å². The number of halogens is 1. The van der Waals surface area contributed by atoms with Crippen LogP contribution < -0.4 is 10.1 Å². The zero-order valence-electron chi connectivity index (χ0n) is 13.0. The molecule has 4 nitrogen and oxygen atoms in total. The summed E-state index contributed by atoms with van der Waals surface area (Å²) in [6.07, 6.45) is 0. The summed E-state index contributed by atoms with van der Waals surface area (Å²) in [7, 11) is 1.62. The zero-order chi connectivity index (χ0) is 16.9. The van der Waals surface area contributed by atoms with Gasteiger partial charge >= 0.3 is 0 Å². The molecule has 0 aliphatic carbocycles. The van der Waals surface area contributed by atoms with Gasteiger partial charge in [-0.15, -0.1) is 11.3 Å². The summed E-state index contributed by atoms with van der Waals surface area (Å²) in [5, 5.41) is 3.55. The van der Waals surface area contributed by atoms with Crippen LogP contribution in [0.2, 0.25) is 0 Å². The molecular formula is C18H16FNO3S. The predicted octanol–water partition coefficient (Wildman–Crippen LogP) is 4.32. The molecule has 0 bridgehead atoms. The lowest BCUT2D eigenvalue weighted by Gasteiger charge is -2.07. The number of rotatable bonds is 6. The van der Waals surface area contributed by atoms with Crippen molar-refractivity contribution in [2.45, 2.75) is 0 Å². The molecule has 1 aromatic heterocycles. The van der Waals surface area contributed by atoms with Crippen LogP contribution in [-0.4, -0.2) is 26.2 Å². The van der Waals surface area contributed by atoms with E-state index in [9.17, 15) is 9.18 Å². The van der Waals surface area contributed by atoms with Crippen LogP contribution in [0.4, 0.5) is 10.1 Å². The molecule has 0 spiro atoms. The van der Waals surface area contributed by atoms with Gasteiger partial charge in [-0.2, -0.15) is 0 Å². The van der Waals surface area contributed by atoms with E-state index in [1.54, 1.807) is 43.5 Å². The highest BCUT2D eigenvalue weighted by Crippen LogP contribution is 2.27. The largest absolute Gasteiger partial charge is 0.491 e. The Morgan fingerprint density at radius 3 is 2.67 bits per heavy atom. The highest BCUT2D eigenvalue weighted by Gasteiger charge is 2.11. The fourth-order valence-corrected chi connectivity index (χ4v) is 3.13. The van der Waals surface area contributed by atoms with Crippen molar-refractivity contribution in [3.63, 3.8) is 0 Å². The Morgan fingerprint density at radius 2 is 1.92 bits per heavy atom. The van der Waals surface area contributed by atoms with Gasteiger partial charge in [-0.05, 0) is 53.9 Å². The molecule has 0 aliphatic rings. The number of anilines is 1. The summed E-state index contributed by atoms with van der Waals surface area (Å²) in [5.41, 5.74) is 0.669. The number of methoxy groups -OCH3 is 1. The van der Waals surface area contributed by atoms with E-state index in [-0.39, 0.29) is 11.7 Å². The third-order valence-electron chi connectivity index (χ3n) is 3.37. The molecule has 3 aromatic rings. The first-order valence-corrected chi connectivity index (χ1v) is 8.19. The molecule has 0 saturated heterocycles. The Balaban J connectivity index is 1.67. The van der Waals surface area contributed by atoms with Crippen molar-refractivity contribution in [2.24, 2.45) is 0 Å². The van der Waals surface area contributed by atoms with E-state index in [4.69, 9.17) is 9.47 Å².